The van der Waals surface area contributed by atoms with E-state index in [0.29, 0.717) is 29.4 Å². The number of esters is 1. The Morgan fingerprint density at radius 1 is 0.861 bits per heavy atom. The van der Waals surface area contributed by atoms with Gasteiger partial charge in [-0.15, -0.1) is 0 Å². The predicted octanol–water partition coefficient (Wildman–Crippen LogP) is 3.80. The summed E-state index contributed by atoms with van der Waals surface area (Å²) in [6, 6.07) is 22.0. The summed E-state index contributed by atoms with van der Waals surface area (Å²) in [6.45, 7) is 2.07. The number of amides is 1. The van der Waals surface area contributed by atoms with Crippen LogP contribution in [-0.2, 0) is 9.53 Å². The van der Waals surface area contributed by atoms with E-state index in [4.69, 9.17) is 14.2 Å². The molecule has 2 saturated heterocycles. The van der Waals surface area contributed by atoms with Gasteiger partial charge in [0.25, 0.3) is 0 Å². The number of hydrazine groups is 1. The van der Waals surface area contributed by atoms with E-state index in [1.54, 1.807) is 45.4 Å². The smallest absolute Gasteiger partial charge is 0.338 e. The van der Waals surface area contributed by atoms with Crippen LogP contribution in [0.4, 0.5) is 5.69 Å². The Labute approximate surface area is 210 Å². The topological polar surface area (TPSA) is 89.1 Å². The molecule has 186 valence electrons. The van der Waals surface area contributed by atoms with Crippen LogP contribution in [0.25, 0.3) is 0 Å². The third-order valence-corrected chi connectivity index (χ3v) is 6.87. The van der Waals surface area contributed by atoms with E-state index in [2.05, 4.69) is 23.0 Å². The first-order chi connectivity index (χ1) is 17.6. The number of hydrogen-bond acceptors (Lipinski definition) is 7. The fourth-order valence-electron chi connectivity index (χ4n) is 5.25. The molecule has 8 nitrogen and oxygen atoms in total. The van der Waals surface area contributed by atoms with Crippen molar-refractivity contribution in [1.82, 2.24) is 10.9 Å². The number of nitrogens with one attached hydrogen (secondary N) is 2. The van der Waals surface area contributed by atoms with Crippen LogP contribution in [0.2, 0.25) is 0 Å². The maximum atomic E-state index is 13.8. The fraction of sp³-hybridized carbons (Fsp3) is 0.286. The minimum atomic E-state index is -0.432. The molecule has 0 radical (unpaired) electrons. The molecule has 2 heterocycles. The molecule has 2 N–H and O–H groups in total. The maximum Gasteiger partial charge on any atom is 0.338 e. The first-order valence-corrected chi connectivity index (χ1v) is 12.0. The summed E-state index contributed by atoms with van der Waals surface area (Å²) >= 11 is 0. The van der Waals surface area contributed by atoms with Crippen LogP contribution in [0, 0.1) is 5.92 Å². The van der Waals surface area contributed by atoms with E-state index in [9.17, 15) is 9.59 Å². The Bertz CT molecular complexity index is 1250. The van der Waals surface area contributed by atoms with Crippen molar-refractivity contribution in [3.63, 3.8) is 0 Å². The van der Waals surface area contributed by atoms with Crippen LogP contribution < -0.4 is 25.2 Å². The Morgan fingerprint density at radius 3 is 2.22 bits per heavy atom. The zero-order valence-electron chi connectivity index (χ0n) is 20.4. The minimum Gasteiger partial charge on any atom is -0.493 e. The van der Waals surface area contributed by atoms with E-state index in [1.807, 2.05) is 41.3 Å². The molecule has 2 aliphatic rings. The first-order valence-electron chi connectivity index (χ1n) is 12.0. The van der Waals surface area contributed by atoms with Gasteiger partial charge < -0.3 is 19.1 Å². The van der Waals surface area contributed by atoms with Gasteiger partial charge in [0.15, 0.2) is 11.5 Å². The summed E-state index contributed by atoms with van der Waals surface area (Å²) in [4.78, 5) is 27.8. The lowest BCUT2D eigenvalue weighted by Crippen LogP contribution is -2.41. The van der Waals surface area contributed by atoms with Gasteiger partial charge in [-0.2, -0.15) is 0 Å². The van der Waals surface area contributed by atoms with Crippen LogP contribution >= 0.6 is 0 Å². The molecule has 4 unspecified atom stereocenters. The van der Waals surface area contributed by atoms with E-state index in [-0.39, 0.29) is 29.9 Å². The van der Waals surface area contributed by atoms with E-state index in [0.717, 1.165) is 11.1 Å². The highest BCUT2D eigenvalue weighted by Gasteiger charge is 2.56. The van der Waals surface area contributed by atoms with Gasteiger partial charge in [-0.05, 0) is 54.4 Å². The highest BCUT2D eigenvalue weighted by atomic mass is 16.5. The number of carbonyl (C=O) groups is 2. The van der Waals surface area contributed by atoms with Gasteiger partial charge in [0.05, 0.1) is 38.5 Å². The molecule has 0 saturated carbocycles. The SMILES string of the molecule is CCOC(=O)c1ccc(N2C(=O)C3NNC(c4ccccc4)C3C2c2ccc(OC)c(OC)c2)cc1. The highest BCUT2D eigenvalue weighted by molar-refractivity contribution is 6.02. The van der Waals surface area contributed by atoms with Crippen molar-refractivity contribution < 1.29 is 23.8 Å². The zero-order valence-corrected chi connectivity index (χ0v) is 20.4. The number of rotatable bonds is 7. The van der Waals surface area contributed by atoms with Crippen LogP contribution in [0.1, 0.15) is 40.5 Å². The van der Waals surface area contributed by atoms with Gasteiger partial charge in [-0.25, -0.2) is 15.6 Å². The van der Waals surface area contributed by atoms with E-state index in [1.165, 1.54) is 0 Å². The Morgan fingerprint density at radius 2 is 1.56 bits per heavy atom. The molecule has 3 aromatic carbocycles. The van der Waals surface area contributed by atoms with Crippen molar-refractivity contribution in [3.05, 3.63) is 89.5 Å². The lowest BCUT2D eigenvalue weighted by molar-refractivity contribution is -0.119. The second-order valence-corrected chi connectivity index (χ2v) is 8.77. The Kier molecular flexibility index (Phi) is 6.63. The number of hydrogen-bond donors (Lipinski definition) is 2. The van der Waals surface area contributed by atoms with Gasteiger partial charge in [0.1, 0.15) is 6.04 Å². The number of nitrogens with zero attached hydrogens (tertiary/aromatic N) is 1. The Balaban J connectivity index is 1.60. The van der Waals surface area contributed by atoms with Crippen LogP contribution in [0.3, 0.4) is 0 Å². The first kappa shape index (κ1) is 23.8. The number of benzene rings is 3. The van der Waals surface area contributed by atoms with Gasteiger partial charge >= 0.3 is 5.97 Å². The standard InChI is InChI=1S/C28H29N3O5/c1-4-36-28(33)18-10-13-20(14-11-18)31-26(19-12-15-21(34-2)22(16-19)35-3)23-24(17-8-6-5-7-9-17)29-30-25(23)27(31)32/h5-16,23-26,29-30H,4H2,1-3H3. The molecule has 0 aliphatic carbocycles. The second-order valence-electron chi connectivity index (χ2n) is 8.77. The molecule has 2 aliphatic heterocycles. The van der Waals surface area contributed by atoms with Gasteiger partial charge in [-0.3, -0.25) is 4.79 Å². The number of methoxy groups -OCH3 is 2. The van der Waals surface area contributed by atoms with Gasteiger partial charge in [0, 0.05) is 11.6 Å². The molecule has 0 spiro atoms. The number of ether oxygens (including phenoxy) is 3. The molecule has 2 fully saturated rings. The molecule has 5 rings (SSSR count). The predicted molar refractivity (Wildman–Crippen MR) is 135 cm³/mol. The summed E-state index contributed by atoms with van der Waals surface area (Å²) in [6.07, 6.45) is 0. The molecular formula is C28H29N3O5. The van der Waals surface area contributed by atoms with Crippen LogP contribution in [-0.4, -0.2) is 38.7 Å². The average molecular weight is 488 g/mol. The third-order valence-electron chi connectivity index (χ3n) is 6.87. The number of fused-ring (bicyclic) bond motifs is 1. The normalized spacial score (nSPS) is 22.9. The fourth-order valence-corrected chi connectivity index (χ4v) is 5.25. The monoisotopic (exact) mass is 487 g/mol. The van der Waals surface area contributed by atoms with Crippen molar-refractivity contribution in [2.45, 2.75) is 25.0 Å². The molecule has 8 heteroatoms. The highest BCUT2D eigenvalue weighted by Crippen LogP contribution is 2.49. The maximum absolute atomic E-state index is 13.8. The molecule has 36 heavy (non-hydrogen) atoms. The van der Waals surface area contributed by atoms with Crippen LogP contribution in [0.5, 0.6) is 11.5 Å². The van der Waals surface area contributed by atoms with Crippen molar-refractivity contribution >= 4 is 17.6 Å². The number of carbonyl (C=O) groups excluding carboxylic acids is 2. The number of anilines is 1. The lowest BCUT2D eigenvalue weighted by Gasteiger charge is -2.31. The van der Waals surface area contributed by atoms with Crippen molar-refractivity contribution in [2.75, 3.05) is 25.7 Å². The third kappa shape index (κ3) is 4.08. The summed E-state index contributed by atoms with van der Waals surface area (Å²) in [5, 5.41) is 0. The van der Waals surface area contributed by atoms with Crippen molar-refractivity contribution in [2.24, 2.45) is 5.92 Å². The Hall–Kier alpha value is -3.88. The molecule has 1 amide bonds. The van der Waals surface area contributed by atoms with E-state index < -0.39 is 6.04 Å². The van der Waals surface area contributed by atoms with Gasteiger partial charge in [0.2, 0.25) is 5.91 Å². The lowest BCUT2D eigenvalue weighted by atomic mass is 9.83. The summed E-state index contributed by atoms with van der Waals surface area (Å²) in [7, 11) is 3.20. The van der Waals surface area contributed by atoms with E-state index >= 15 is 0 Å². The van der Waals surface area contributed by atoms with Crippen LogP contribution in [0.15, 0.2) is 72.8 Å². The second kappa shape index (κ2) is 10.0. The van der Waals surface area contributed by atoms with Gasteiger partial charge in [-0.1, -0.05) is 36.4 Å². The minimum absolute atomic E-state index is 0.0467. The quantitative estimate of drug-likeness (QED) is 0.490. The largest absolute Gasteiger partial charge is 0.493 e. The van der Waals surface area contributed by atoms with Crippen molar-refractivity contribution in [3.8, 4) is 11.5 Å². The molecule has 4 atom stereocenters. The zero-order chi connectivity index (χ0) is 25.2. The molecule has 3 aromatic rings. The summed E-state index contributed by atoms with van der Waals surface area (Å²) in [5.41, 5.74) is 9.76. The molecular weight excluding hydrogens is 458 g/mol. The average Bonchev–Trinajstić information content (AvgIpc) is 3.48. The van der Waals surface area contributed by atoms with Crippen molar-refractivity contribution in [1.29, 1.82) is 0 Å². The summed E-state index contributed by atoms with van der Waals surface area (Å²) < 4.78 is 16.1. The molecule has 0 aromatic heterocycles. The summed E-state index contributed by atoms with van der Waals surface area (Å²) in [5.74, 6) is 0.672. The molecule has 0 bridgehead atoms.